The van der Waals surface area contributed by atoms with Crippen LogP contribution in [0.5, 0.6) is 0 Å². The lowest BCUT2D eigenvalue weighted by Crippen LogP contribution is -2.58. The number of aliphatic hydroxyl groups is 1. The average molecular weight is 359 g/mol. The second kappa shape index (κ2) is 5.42. The molecule has 6 rings (SSSR count). The molecular weight excluding hydrogens is 338 g/mol. The van der Waals surface area contributed by atoms with E-state index in [4.69, 9.17) is 9.26 Å². The van der Waals surface area contributed by atoms with E-state index < -0.39 is 11.0 Å². The third kappa shape index (κ3) is 2.62. The summed E-state index contributed by atoms with van der Waals surface area (Å²) < 4.78 is 11.0. The Balaban J connectivity index is 1.28. The Hall–Kier alpha value is -1.66. The van der Waals surface area contributed by atoms with Crippen LogP contribution >= 0.6 is 11.3 Å². The fraction of sp³-hybridized carbons (Fsp3) is 0.579. The standard InChI is InChI=1S/C19H21NO4S/c21-17(18-6-12-4-13(7-18)9-19(22,8-12)11-18)23-10-14-5-15(24-20-14)16-2-1-3-25-16/h1-3,5,12-13,22H,4,6-11H2. The Morgan fingerprint density at radius 2 is 2.16 bits per heavy atom. The lowest BCUT2D eigenvalue weighted by Gasteiger charge is -2.58. The maximum Gasteiger partial charge on any atom is 0.312 e. The summed E-state index contributed by atoms with van der Waals surface area (Å²) in [4.78, 5) is 13.9. The molecule has 4 aliphatic rings. The fourth-order valence-electron chi connectivity index (χ4n) is 5.66. The lowest BCUT2D eigenvalue weighted by molar-refractivity contribution is -0.197. The SMILES string of the molecule is O=C(OCc1cc(-c2cccs2)on1)C12CC3CC(CC(O)(C3)C1)C2. The van der Waals surface area contributed by atoms with Gasteiger partial charge in [-0.3, -0.25) is 4.79 Å². The smallest absolute Gasteiger partial charge is 0.312 e. The van der Waals surface area contributed by atoms with Gasteiger partial charge in [0.05, 0.1) is 15.9 Å². The molecule has 2 unspecified atom stereocenters. The molecule has 1 N–H and O–H groups in total. The number of hydrogen-bond acceptors (Lipinski definition) is 6. The molecular formula is C19H21NO4S. The Morgan fingerprint density at radius 1 is 1.36 bits per heavy atom. The molecule has 0 aromatic carbocycles. The van der Waals surface area contributed by atoms with Crippen LogP contribution in [-0.2, 0) is 16.1 Å². The van der Waals surface area contributed by atoms with Gasteiger partial charge in [-0.05, 0) is 61.8 Å². The van der Waals surface area contributed by atoms with Crippen molar-refractivity contribution in [1.82, 2.24) is 5.16 Å². The van der Waals surface area contributed by atoms with Crippen molar-refractivity contribution in [1.29, 1.82) is 0 Å². The summed E-state index contributed by atoms with van der Waals surface area (Å²) in [5, 5.41) is 16.8. The van der Waals surface area contributed by atoms with Gasteiger partial charge in [-0.15, -0.1) is 11.3 Å². The molecule has 0 spiro atoms. The normalized spacial score (nSPS) is 35.9. The highest BCUT2D eigenvalue weighted by atomic mass is 32.1. The Morgan fingerprint density at radius 3 is 2.84 bits per heavy atom. The van der Waals surface area contributed by atoms with Crippen molar-refractivity contribution in [3.63, 3.8) is 0 Å². The minimum absolute atomic E-state index is 0.128. The van der Waals surface area contributed by atoms with Crippen molar-refractivity contribution < 1.29 is 19.2 Å². The van der Waals surface area contributed by atoms with Gasteiger partial charge in [-0.2, -0.15) is 0 Å². The molecule has 5 nitrogen and oxygen atoms in total. The van der Waals surface area contributed by atoms with Crippen LogP contribution in [0.4, 0.5) is 0 Å². The molecule has 2 atom stereocenters. The number of rotatable bonds is 4. The quantitative estimate of drug-likeness (QED) is 0.841. The summed E-state index contributed by atoms with van der Waals surface area (Å²) in [5.41, 5.74) is -0.511. The first-order valence-electron chi connectivity index (χ1n) is 8.93. The fourth-order valence-corrected chi connectivity index (χ4v) is 6.33. The maximum atomic E-state index is 12.9. The molecule has 0 saturated heterocycles. The second-order valence-corrected chi connectivity index (χ2v) is 9.15. The first-order chi connectivity index (χ1) is 12.0. The van der Waals surface area contributed by atoms with Crippen LogP contribution in [0, 0.1) is 17.3 Å². The minimum atomic E-state index is -0.649. The van der Waals surface area contributed by atoms with E-state index in [0.717, 1.165) is 37.0 Å². The summed E-state index contributed by atoms with van der Waals surface area (Å²) in [6.45, 7) is 0.128. The van der Waals surface area contributed by atoms with Gasteiger partial charge in [0, 0.05) is 6.07 Å². The van der Waals surface area contributed by atoms with Crippen molar-refractivity contribution in [2.75, 3.05) is 0 Å². The molecule has 0 aliphatic heterocycles. The van der Waals surface area contributed by atoms with Crippen LogP contribution in [0.3, 0.4) is 0 Å². The second-order valence-electron chi connectivity index (χ2n) is 8.20. The van der Waals surface area contributed by atoms with Crippen LogP contribution in [-0.4, -0.2) is 21.8 Å². The average Bonchev–Trinajstić information content (AvgIpc) is 3.21. The molecule has 0 amide bonds. The van der Waals surface area contributed by atoms with Crippen LogP contribution in [0.25, 0.3) is 10.6 Å². The van der Waals surface area contributed by atoms with E-state index in [2.05, 4.69) is 5.16 Å². The summed E-state index contributed by atoms with van der Waals surface area (Å²) >= 11 is 1.58. The zero-order chi connectivity index (χ0) is 17.1. The van der Waals surface area contributed by atoms with Crippen LogP contribution in [0.2, 0.25) is 0 Å². The maximum absolute atomic E-state index is 12.9. The number of thiophene rings is 1. The number of ether oxygens (including phenoxy) is 1. The summed E-state index contributed by atoms with van der Waals surface area (Å²) in [7, 11) is 0. The summed E-state index contributed by atoms with van der Waals surface area (Å²) in [6.07, 6.45) is 5.15. The highest BCUT2D eigenvalue weighted by Gasteiger charge is 2.60. The highest BCUT2D eigenvalue weighted by Crippen LogP contribution is 2.62. The van der Waals surface area contributed by atoms with Crippen molar-refractivity contribution >= 4 is 17.3 Å². The monoisotopic (exact) mass is 359 g/mol. The molecule has 4 aliphatic carbocycles. The first kappa shape index (κ1) is 15.6. The van der Waals surface area contributed by atoms with Gasteiger partial charge in [0.15, 0.2) is 5.76 Å². The molecule has 25 heavy (non-hydrogen) atoms. The minimum Gasteiger partial charge on any atom is -0.459 e. The van der Waals surface area contributed by atoms with Crippen LogP contribution in [0.15, 0.2) is 28.1 Å². The number of hydrogen-bond donors (Lipinski definition) is 1. The van der Waals surface area contributed by atoms with Gasteiger partial charge >= 0.3 is 5.97 Å². The van der Waals surface area contributed by atoms with Crippen molar-refractivity contribution in [2.24, 2.45) is 17.3 Å². The van der Waals surface area contributed by atoms with E-state index >= 15 is 0 Å². The largest absolute Gasteiger partial charge is 0.459 e. The zero-order valence-corrected chi connectivity index (χ0v) is 14.8. The van der Waals surface area contributed by atoms with E-state index in [1.165, 1.54) is 0 Å². The van der Waals surface area contributed by atoms with Gasteiger partial charge in [0.1, 0.15) is 12.3 Å². The number of esters is 1. The van der Waals surface area contributed by atoms with Crippen LogP contribution < -0.4 is 0 Å². The molecule has 4 fully saturated rings. The van der Waals surface area contributed by atoms with E-state index in [1.807, 2.05) is 23.6 Å². The van der Waals surface area contributed by atoms with Crippen molar-refractivity contribution in [3.8, 4) is 10.6 Å². The van der Waals surface area contributed by atoms with Gasteiger partial charge in [-0.1, -0.05) is 11.2 Å². The Bertz CT molecular complexity index is 782. The van der Waals surface area contributed by atoms with E-state index in [-0.39, 0.29) is 12.6 Å². The molecule has 2 aromatic rings. The van der Waals surface area contributed by atoms with E-state index in [1.54, 1.807) is 11.3 Å². The lowest BCUT2D eigenvalue weighted by atomic mass is 9.48. The van der Waals surface area contributed by atoms with E-state index in [0.29, 0.717) is 29.7 Å². The molecule has 4 saturated carbocycles. The molecule has 2 heterocycles. The molecule has 0 radical (unpaired) electrons. The van der Waals surface area contributed by atoms with Gasteiger partial charge in [0.25, 0.3) is 0 Å². The third-order valence-corrected chi connectivity index (χ3v) is 7.02. The first-order valence-corrected chi connectivity index (χ1v) is 9.81. The number of carbonyl (C=O) groups excluding carboxylic acids is 1. The van der Waals surface area contributed by atoms with Crippen LogP contribution in [0.1, 0.15) is 44.2 Å². The predicted molar refractivity (Wildman–Crippen MR) is 91.7 cm³/mol. The highest BCUT2D eigenvalue weighted by molar-refractivity contribution is 7.13. The summed E-state index contributed by atoms with van der Waals surface area (Å²) in [6, 6.07) is 5.75. The van der Waals surface area contributed by atoms with Gasteiger partial charge in [-0.25, -0.2) is 0 Å². The number of nitrogens with zero attached hydrogens (tertiary/aromatic N) is 1. The topological polar surface area (TPSA) is 72.6 Å². The predicted octanol–water partition coefficient (Wildman–Crippen LogP) is 3.78. The number of carbonyl (C=O) groups is 1. The van der Waals surface area contributed by atoms with Gasteiger partial charge in [0.2, 0.25) is 0 Å². The zero-order valence-electron chi connectivity index (χ0n) is 13.9. The van der Waals surface area contributed by atoms with Gasteiger partial charge < -0.3 is 14.4 Å². The molecule has 2 aromatic heterocycles. The third-order valence-electron chi connectivity index (χ3n) is 6.14. The molecule has 6 heteroatoms. The Labute approximate surface area is 150 Å². The van der Waals surface area contributed by atoms with E-state index in [9.17, 15) is 9.90 Å². The van der Waals surface area contributed by atoms with Crippen molar-refractivity contribution in [3.05, 3.63) is 29.3 Å². The molecule has 4 bridgehead atoms. The molecule has 132 valence electrons. The summed E-state index contributed by atoms with van der Waals surface area (Å²) in [5.74, 6) is 1.47. The number of aromatic nitrogens is 1. The van der Waals surface area contributed by atoms with Crippen molar-refractivity contribution in [2.45, 2.75) is 50.7 Å². The Kier molecular flexibility index (Phi) is 3.38.